The predicted octanol–water partition coefficient (Wildman–Crippen LogP) is 2.07. The van der Waals surface area contributed by atoms with E-state index in [0.29, 0.717) is 0 Å². The molecule has 1 aromatic rings. The largest absolute Gasteiger partial charge is 0.384 e. The molecular formula is C13H23N3O2. The first-order chi connectivity index (χ1) is 8.73. The fraction of sp³-hybridized carbons (Fsp3) is 0.846. The van der Waals surface area contributed by atoms with E-state index in [4.69, 9.17) is 4.74 Å². The van der Waals surface area contributed by atoms with Crippen molar-refractivity contribution in [3.63, 3.8) is 0 Å². The van der Waals surface area contributed by atoms with Gasteiger partial charge in [-0.15, -0.1) is 5.10 Å². The number of methoxy groups -OCH3 is 1. The summed E-state index contributed by atoms with van der Waals surface area (Å²) >= 11 is 0. The summed E-state index contributed by atoms with van der Waals surface area (Å²) in [5, 5.41) is 18.6. The minimum Gasteiger partial charge on any atom is -0.384 e. The molecule has 1 aliphatic rings. The second kappa shape index (κ2) is 5.80. The normalized spacial score (nSPS) is 20.8. The average molecular weight is 253 g/mol. The highest BCUT2D eigenvalue weighted by Crippen LogP contribution is 2.40. The van der Waals surface area contributed by atoms with Crippen molar-refractivity contribution in [1.82, 2.24) is 15.0 Å². The van der Waals surface area contributed by atoms with Gasteiger partial charge in [0, 0.05) is 13.7 Å². The maximum atomic E-state index is 10.7. The first-order valence-electron chi connectivity index (χ1n) is 6.85. The Kier molecular flexibility index (Phi) is 4.35. The van der Waals surface area contributed by atoms with Crippen molar-refractivity contribution < 1.29 is 9.84 Å². The molecule has 0 radical (unpaired) electrons. The van der Waals surface area contributed by atoms with Crippen LogP contribution in [0.3, 0.4) is 0 Å². The fourth-order valence-corrected chi connectivity index (χ4v) is 2.87. The number of hydrogen-bond acceptors (Lipinski definition) is 4. The Bertz CT molecular complexity index is 372. The van der Waals surface area contributed by atoms with Gasteiger partial charge in [0.25, 0.3) is 0 Å². The number of rotatable bonds is 5. The van der Waals surface area contributed by atoms with Crippen LogP contribution in [0, 0.1) is 0 Å². The molecule has 0 aromatic carbocycles. The van der Waals surface area contributed by atoms with Crippen molar-refractivity contribution in [3.8, 4) is 0 Å². The fourth-order valence-electron chi connectivity index (χ4n) is 2.87. The van der Waals surface area contributed by atoms with Crippen LogP contribution in [0.2, 0.25) is 0 Å². The highest BCUT2D eigenvalue weighted by Gasteiger charge is 2.41. The lowest BCUT2D eigenvalue weighted by Gasteiger charge is -2.39. The number of nitrogens with zero attached hydrogens (tertiary/aromatic N) is 3. The summed E-state index contributed by atoms with van der Waals surface area (Å²) in [6.45, 7) is 2.87. The van der Waals surface area contributed by atoms with E-state index in [0.717, 1.165) is 44.3 Å². The molecule has 5 nitrogen and oxygen atoms in total. The molecule has 1 atom stereocenters. The third kappa shape index (κ3) is 2.42. The van der Waals surface area contributed by atoms with Crippen LogP contribution in [-0.2, 0) is 11.3 Å². The van der Waals surface area contributed by atoms with Crippen LogP contribution >= 0.6 is 0 Å². The zero-order valence-corrected chi connectivity index (χ0v) is 11.3. The molecule has 1 fully saturated rings. The number of hydrogen-bond donors (Lipinski definition) is 1. The van der Waals surface area contributed by atoms with Gasteiger partial charge in [-0.3, -0.25) is 0 Å². The van der Waals surface area contributed by atoms with Gasteiger partial charge in [0.05, 0.1) is 17.5 Å². The zero-order valence-electron chi connectivity index (χ0n) is 11.3. The van der Waals surface area contributed by atoms with Gasteiger partial charge in [-0.05, 0) is 19.3 Å². The number of ether oxygens (including phenoxy) is 1. The van der Waals surface area contributed by atoms with E-state index in [1.54, 1.807) is 18.0 Å². The molecule has 18 heavy (non-hydrogen) atoms. The highest BCUT2D eigenvalue weighted by atomic mass is 16.5. The monoisotopic (exact) mass is 253 g/mol. The molecule has 0 saturated heterocycles. The van der Waals surface area contributed by atoms with E-state index in [-0.39, 0.29) is 0 Å². The number of aliphatic hydroxyl groups is 1. The smallest absolute Gasteiger partial charge is 0.126 e. The van der Waals surface area contributed by atoms with Crippen LogP contribution in [0.15, 0.2) is 6.20 Å². The minimum atomic E-state index is -0.635. The molecular weight excluding hydrogens is 230 g/mol. The van der Waals surface area contributed by atoms with Gasteiger partial charge in [0.2, 0.25) is 0 Å². The van der Waals surface area contributed by atoms with Crippen LogP contribution in [0.4, 0.5) is 0 Å². The Labute approximate surface area is 108 Å². The molecule has 1 saturated carbocycles. The number of aliphatic hydroxyl groups excluding tert-OH is 1. The summed E-state index contributed by atoms with van der Waals surface area (Å²) in [5.41, 5.74) is 0.325. The Morgan fingerprint density at radius 2 is 2.17 bits per heavy atom. The highest BCUT2D eigenvalue weighted by molar-refractivity contribution is 5.08. The number of aromatic nitrogens is 3. The summed E-state index contributed by atoms with van der Waals surface area (Å²) in [6, 6.07) is 0. The SMILES string of the molecule is CCCn1nncc1C(O)C1(OC)CCCCC1. The van der Waals surface area contributed by atoms with Crippen molar-refractivity contribution in [2.45, 2.75) is 63.7 Å². The third-order valence-electron chi connectivity index (χ3n) is 3.97. The summed E-state index contributed by atoms with van der Waals surface area (Å²) in [4.78, 5) is 0. The Hall–Kier alpha value is -0.940. The zero-order chi connectivity index (χ0) is 13.0. The maximum absolute atomic E-state index is 10.7. The molecule has 102 valence electrons. The first kappa shape index (κ1) is 13.5. The lowest BCUT2D eigenvalue weighted by atomic mass is 9.79. The van der Waals surface area contributed by atoms with Crippen molar-refractivity contribution in [1.29, 1.82) is 0 Å². The lowest BCUT2D eigenvalue weighted by Crippen LogP contribution is -2.41. The Morgan fingerprint density at radius 3 is 2.78 bits per heavy atom. The topological polar surface area (TPSA) is 60.2 Å². The van der Waals surface area contributed by atoms with Gasteiger partial charge in [-0.25, -0.2) is 4.68 Å². The van der Waals surface area contributed by atoms with E-state index in [1.807, 2.05) is 0 Å². The molecule has 1 unspecified atom stereocenters. The van der Waals surface area contributed by atoms with Gasteiger partial charge in [-0.2, -0.15) is 0 Å². The minimum absolute atomic E-state index is 0.453. The number of aryl methyl sites for hydroxylation is 1. The molecule has 0 spiro atoms. The van der Waals surface area contributed by atoms with Gasteiger partial charge in [0.15, 0.2) is 0 Å². The van der Waals surface area contributed by atoms with E-state index >= 15 is 0 Å². The maximum Gasteiger partial charge on any atom is 0.126 e. The molecule has 0 amide bonds. The predicted molar refractivity (Wildman–Crippen MR) is 68.1 cm³/mol. The van der Waals surface area contributed by atoms with E-state index < -0.39 is 11.7 Å². The Balaban J connectivity index is 2.22. The summed E-state index contributed by atoms with van der Waals surface area (Å²) < 4.78 is 7.47. The molecule has 1 N–H and O–H groups in total. The first-order valence-corrected chi connectivity index (χ1v) is 6.85. The van der Waals surface area contributed by atoms with E-state index in [1.165, 1.54) is 6.42 Å². The van der Waals surface area contributed by atoms with Crippen molar-refractivity contribution in [3.05, 3.63) is 11.9 Å². The van der Waals surface area contributed by atoms with Crippen LogP contribution < -0.4 is 0 Å². The second-order valence-electron chi connectivity index (χ2n) is 5.11. The average Bonchev–Trinajstić information content (AvgIpc) is 2.87. The molecule has 1 aliphatic carbocycles. The quantitative estimate of drug-likeness (QED) is 0.872. The van der Waals surface area contributed by atoms with E-state index in [2.05, 4.69) is 17.2 Å². The third-order valence-corrected chi connectivity index (χ3v) is 3.97. The molecule has 2 rings (SSSR count). The van der Waals surface area contributed by atoms with Crippen LogP contribution in [0.25, 0.3) is 0 Å². The molecule has 1 aromatic heterocycles. The molecule has 1 heterocycles. The second-order valence-corrected chi connectivity index (χ2v) is 5.11. The van der Waals surface area contributed by atoms with E-state index in [9.17, 15) is 5.11 Å². The molecule has 0 aliphatic heterocycles. The molecule has 0 bridgehead atoms. The van der Waals surface area contributed by atoms with Gasteiger partial charge in [0.1, 0.15) is 6.10 Å². The van der Waals surface area contributed by atoms with Gasteiger partial charge >= 0.3 is 0 Å². The summed E-state index contributed by atoms with van der Waals surface area (Å²) in [6.07, 6.45) is 7.26. The summed E-state index contributed by atoms with van der Waals surface area (Å²) in [5.74, 6) is 0. The van der Waals surface area contributed by atoms with Crippen LogP contribution in [0.1, 0.15) is 57.2 Å². The lowest BCUT2D eigenvalue weighted by molar-refractivity contribution is -0.128. The van der Waals surface area contributed by atoms with Crippen LogP contribution in [0.5, 0.6) is 0 Å². The van der Waals surface area contributed by atoms with Crippen molar-refractivity contribution >= 4 is 0 Å². The van der Waals surface area contributed by atoms with Crippen molar-refractivity contribution in [2.75, 3.05) is 7.11 Å². The standard InChI is InChI=1S/C13H23N3O2/c1-3-9-16-11(10-14-15-16)12(17)13(18-2)7-5-4-6-8-13/h10,12,17H,3-9H2,1-2H3. The van der Waals surface area contributed by atoms with Crippen LogP contribution in [-0.4, -0.2) is 32.8 Å². The summed E-state index contributed by atoms with van der Waals surface area (Å²) in [7, 11) is 1.70. The van der Waals surface area contributed by atoms with Gasteiger partial charge < -0.3 is 9.84 Å². The Morgan fingerprint density at radius 1 is 1.44 bits per heavy atom. The molecule has 5 heteroatoms. The van der Waals surface area contributed by atoms with Gasteiger partial charge in [-0.1, -0.05) is 31.4 Å². The van der Waals surface area contributed by atoms with Crippen molar-refractivity contribution in [2.24, 2.45) is 0 Å².